The number of imide groups is 1. The van der Waals surface area contributed by atoms with Crippen LogP contribution in [0.3, 0.4) is 0 Å². The zero-order valence-electron chi connectivity index (χ0n) is 12.0. The first-order chi connectivity index (χ1) is 11.0. The number of carbonyl (C=O) groups excluding carboxylic acids is 2. The van der Waals surface area contributed by atoms with Crippen molar-refractivity contribution in [3.05, 3.63) is 45.7 Å². The minimum atomic E-state index is -0.567. The summed E-state index contributed by atoms with van der Waals surface area (Å²) in [5.74, 6) is -0.399. The molecule has 3 rings (SSSR count). The van der Waals surface area contributed by atoms with Gasteiger partial charge in [0.15, 0.2) is 0 Å². The predicted molar refractivity (Wildman–Crippen MR) is 86.2 cm³/mol. The third kappa shape index (κ3) is 3.06. The van der Waals surface area contributed by atoms with E-state index in [1.54, 1.807) is 25.1 Å². The predicted octanol–water partition coefficient (Wildman–Crippen LogP) is 2.37. The van der Waals surface area contributed by atoms with Crippen LogP contribution in [0.1, 0.15) is 11.3 Å². The Hall–Kier alpha value is -2.38. The zero-order valence-corrected chi connectivity index (χ0v) is 13.5. The van der Waals surface area contributed by atoms with E-state index in [-0.39, 0.29) is 6.54 Å². The van der Waals surface area contributed by atoms with E-state index < -0.39 is 11.9 Å². The van der Waals surface area contributed by atoms with E-state index in [9.17, 15) is 9.59 Å². The normalized spacial score (nSPS) is 14.8. The third-order valence-corrected chi connectivity index (χ3v) is 3.80. The Morgan fingerprint density at radius 1 is 1.35 bits per heavy atom. The fourth-order valence-corrected chi connectivity index (χ4v) is 2.59. The molecule has 0 aliphatic carbocycles. The highest BCUT2D eigenvalue weighted by molar-refractivity contribution is 6.32. The lowest BCUT2D eigenvalue weighted by atomic mass is 10.3. The molecule has 1 fully saturated rings. The summed E-state index contributed by atoms with van der Waals surface area (Å²) in [6.45, 7) is 1.65. The lowest BCUT2D eigenvalue weighted by molar-refractivity contribution is -0.118. The van der Waals surface area contributed by atoms with Gasteiger partial charge in [-0.1, -0.05) is 29.3 Å². The molecule has 1 saturated heterocycles. The lowest BCUT2D eigenvalue weighted by Crippen LogP contribution is -2.24. The number of hydrogen-bond acceptors (Lipinski definition) is 4. The molecule has 0 bridgehead atoms. The summed E-state index contributed by atoms with van der Waals surface area (Å²) in [6.07, 6.45) is 1.41. The van der Waals surface area contributed by atoms with Gasteiger partial charge in [0.2, 0.25) is 5.91 Å². The molecule has 1 N–H and O–H groups in total. The molecule has 9 heteroatoms. The second-order valence-electron chi connectivity index (χ2n) is 4.84. The maximum absolute atomic E-state index is 11.5. The summed E-state index contributed by atoms with van der Waals surface area (Å²) in [4.78, 5) is 22.6. The average molecular weight is 352 g/mol. The van der Waals surface area contributed by atoms with Crippen molar-refractivity contribution in [2.24, 2.45) is 5.10 Å². The average Bonchev–Trinajstić information content (AvgIpc) is 2.96. The van der Waals surface area contributed by atoms with Crippen molar-refractivity contribution in [2.45, 2.75) is 6.92 Å². The maximum atomic E-state index is 11.5. The smallest absolute Gasteiger partial charge is 0.275 e. The number of urea groups is 1. The van der Waals surface area contributed by atoms with E-state index in [1.165, 1.54) is 10.9 Å². The number of nitrogens with zero attached hydrogens (tertiary/aromatic N) is 4. The number of benzene rings is 1. The second-order valence-corrected chi connectivity index (χ2v) is 5.63. The fourth-order valence-electron chi connectivity index (χ4n) is 2.09. The van der Waals surface area contributed by atoms with Crippen LogP contribution in [-0.2, 0) is 4.79 Å². The standard InChI is InChI=1S/C14H11Cl2N5O2/c1-8-11(6-17-20-7-12(22)18-14(20)23)13(16)21(19-8)10-4-2-3-9(15)5-10/h2-6H,7H2,1H3,(H,18,22,23). The van der Waals surface area contributed by atoms with Gasteiger partial charge in [-0.2, -0.15) is 10.2 Å². The van der Waals surface area contributed by atoms with Gasteiger partial charge in [-0.25, -0.2) is 14.5 Å². The Morgan fingerprint density at radius 2 is 2.13 bits per heavy atom. The van der Waals surface area contributed by atoms with E-state index in [0.717, 1.165) is 5.01 Å². The van der Waals surface area contributed by atoms with Crippen LogP contribution in [0.4, 0.5) is 4.79 Å². The second kappa shape index (κ2) is 6.02. The summed E-state index contributed by atoms with van der Waals surface area (Å²) in [7, 11) is 0. The Balaban J connectivity index is 1.92. The minimum absolute atomic E-state index is 0.117. The van der Waals surface area contributed by atoms with Crippen LogP contribution < -0.4 is 5.32 Å². The van der Waals surface area contributed by atoms with Crippen molar-refractivity contribution >= 4 is 41.4 Å². The largest absolute Gasteiger partial charge is 0.344 e. The van der Waals surface area contributed by atoms with Crippen LogP contribution in [0.5, 0.6) is 0 Å². The van der Waals surface area contributed by atoms with Crippen molar-refractivity contribution in [2.75, 3.05) is 6.54 Å². The van der Waals surface area contributed by atoms with Crippen LogP contribution in [0.15, 0.2) is 29.4 Å². The third-order valence-electron chi connectivity index (χ3n) is 3.20. The Morgan fingerprint density at radius 3 is 2.78 bits per heavy atom. The van der Waals surface area contributed by atoms with Crippen molar-refractivity contribution < 1.29 is 9.59 Å². The summed E-state index contributed by atoms with van der Waals surface area (Å²) >= 11 is 12.3. The van der Waals surface area contributed by atoms with Gasteiger partial charge in [-0.05, 0) is 25.1 Å². The molecule has 0 unspecified atom stereocenters. The van der Waals surface area contributed by atoms with Gasteiger partial charge in [0.25, 0.3) is 0 Å². The molecule has 2 heterocycles. The van der Waals surface area contributed by atoms with Crippen LogP contribution in [-0.4, -0.2) is 39.5 Å². The number of aromatic nitrogens is 2. The van der Waals surface area contributed by atoms with Crippen LogP contribution >= 0.6 is 23.2 Å². The number of nitrogens with one attached hydrogen (secondary N) is 1. The van der Waals surface area contributed by atoms with Crippen molar-refractivity contribution in [1.82, 2.24) is 20.1 Å². The number of hydrazone groups is 1. The number of aryl methyl sites for hydroxylation is 1. The lowest BCUT2D eigenvalue weighted by Gasteiger charge is -2.04. The van der Waals surface area contributed by atoms with Crippen molar-refractivity contribution in [3.8, 4) is 5.69 Å². The van der Waals surface area contributed by atoms with E-state index >= 15 is 0 Å². The van der Waals surface area contributed by atoms with Gasteiger partial charge >= 0.3 is 6.03 Å². The van der Waals surface area contributed by atoms with Gasteiger partial charge in [-0.3, -0.25) is 10.1 Å². The quantitative estimate of drug-likeness (QED) is 0.680. The summed E-state index contributed by atoms with van der Waals surface area (Å²) in [5.41, 5.74) is 1.89. The number of carbonyl (C=O) groups is 2. The summed E-state index contributed by atoms with van der Waals surface area (Å²) in [6, 6.07) is 6.52. The van der Waals surface area contributed by atoms with Gasteiger partial charge in [0.1, 0.15) is 11.7 Å². The molecule has 23 heavy (non-hydrogen) atoms. The highest BCUT2D eigenvalue weighted by Crippen LogP contribution is 2.23. The molecule has 7 nitrogen and oxygen atoms in total. The number of hydrogen-bond donors (Lipinski definition) is 1. The fraction of sp³-hybridized carbons (Fsp3) is 0.143. The molecule has 0 atom stereocenters. The maximum Gasteiger partial charge on any atom is 0.344 e. The molecule has 118 valence electrons. The Bertz CT molecular complexity index is 831. The van der Waals surface area contributed by atoms with Gasteiger partial charge < -0.3 is 0 Å². The van der Waals surface area contributed by atoms with Crippen LogP contribution in [0, 0.1) is 6.92 Å². The molecule has 0 spiro atoms. The number of amides is 3. The molecule has 3 amide bonds. The first kappa shape index (κ1) is 15.5. The molecule has 1 aliphatic heterocycles. The van der Waals surface area contributed by atoms with Crippen molar-refractivity contribution in [3.63, 3.8) is 0 Å². The molecule has 0 radical (unpaired) electrons. The van der Waals surface area contributed by atoms with Crippen LogP contribution in [0.25, 0.3) is 5.69 Å². The summed E-state index contributed by atoms with van der Waals surface area (Å²) < 4.78 is 1.53. The van der Waals surface area contributed by atoms with E-state index in [0.29, 0.717) is 27.1 Å². The SMILES string of the molecule is Cc1nn(-c2cccc(Cl)c2)c(Cl)c1C=NN1CC(=O)NC1=O. The highest BCUT2D eigenvalue weighted by atomic mass is 35.5. The number of halogens is 2. The molecule has 1 aromatic carbocycles. The molecule has 1 aliphatic rings. The Labute approximate surface area is 141 Å². The molecule has 0 saturated carbocycles. The molecular formula is C14H11Cl2N5O2. The highest BCUT2D eigenvalue weighted by Gasteiger charge is 2.26. The first-order valence-corrected chi connectivity index (χ1v) is 7.37. The molecule has 1 aromatic heterocycles. The first-order valence-electron chi connectivity index (χ1n) is 6.62. The Kier molecular flexibility index (Phi) is 4.06. The van der Waals surface area contributed by atoms with E-state index in [4.69, 9.17) is 23.2 Å². The number of rotatable bonds is 3. The molecule has 2 aromatic rings. The van der Waals surface area contributed by atoms with Gasteiger partial charge in [0, 0.05) is 5.02 Å². The zero-order chi connectivity index (χ0) is 16.6. The summed E-state index contributed by atoms with van der Waals surface area (Å²) in [5, 5.41) is 12.4. The van der Waals surface area contributed by atoms with E-state index in [2.05, 4.69) is 15.5 Å². The minimum Gasteiger partial charge on any atom is -0.275 e. The van der Waals surface area contributed by atoms with E-state index in [1.807, 2.05) is 6.07 Å². The van der Waals surface area contributed by atoms with Gasteiger partial charge in [0.05, 0.1) is 23.2 Å². The topological polar surface area (TPSA) is 79.6 Å². The van der Waals surface area contributed by atoms with Gasteiger partial charge in [-0.15, -0.1) is 0 Å². The monoisotopic (exact) mass is 351 g/mol. The molecular weight excluding hydrogens is 341 g/mol. The van der Waals surface area contributed by atoms with Crippen molar-refractivity contribution in [1.29, 1.82) is 0 Å². The van der Waals surface area contributed by atoms with Crippen LogP contribution in [0.2, 0.25) is 10.2 Å².